The van der Waals surface area contributed by atoms with Crippen LogP contribution in [-0.2, 0) is 0 Å². The molecule has 0 aromatic carbocycles. The highest BCUT2D eigenvalue weighted by Gasteiger charge is 2.17. The third-order valence-electron chi connectivity index (χ3n) is 3.07. The summed E-state index contributed by atoms with van der Waals surface area (Å²) in [7, 11) is 0. The van der Waals surface area contributed by atoms with E-state index in [1.165, 1.54) is 12.4 Å². The van der Waals surface area contributed by atoms with Crippen molar-refractivity contribution in [3.05, 3.63) is 66.0 Å². The SMILES string of the molecule is O=C(CC(=O)c1cnn2ccccc12)c1cncc(F)c1. The maximum absolute atomic E-state index is 13.0. The summed E-state index contributed by atoms with van der Waals surface area (Å²) in [4.78, 5) is 27.8. The van der Waals surface area contributed by atoms with Gasteiger partial charge >= 0.3 is 0 Å². The minimum absolute atomic E-state index is 0.0832. The number of rotatable bonds is 4. The van der Waals surface area contributed by atoms with Crippen LogP contribution in [0.2, 0.25) is 0 Å². The van der Waals surface area contributed by atoms with Gasteiger partial charge in [-0.15, -0.1) is 0 Å². The zero-order valence-corrected chi connectivity index (χ0v) is 10.9. The van der Waals surface area contributed by atoms with E-state index in [1.807, 2.05) is 0 Å². The quantitative estimate of drug-likeness (QED) is 0.544. The van der Waals surface area contributed by atoms with E-state index in [-0.39, 0.29) is 17.8 Å². The van der Waals surface area contributed by atoms with Gasteiger partial charge in [0.2, 0.25) is 0 Å². The number of hydrogen-bond acceptors (Lipinski definition) is 4. The Morgan fingerprint density at radius 1 is 1.14 bits per heavy atom. The lowest BCUT2D eigenvalue weighted by molar-refractivity contribution is 0.0894. The summed E-state index contributed by atoms with van der Waals surface area (Å²) in [5.74, 6) is -1.43. The summed E-state index contributed by atoms with van der Waals surface area (Å²) in [5, 5.41) is 4.05. The number of nitrogens with zero attached hydrogens (tertiary/aromatic N) is 3. The standard InChI is InChI=1S/C15H10FN3O2/c16-11-5-10(7-17-8-11)14(20)6-15(21)12-9-18-19-4-2-1-3-13(12)19/h1-5,7-9H,6H2. The van der Waals surface area contributed by atoms with Crippen LogP contribution in [0.4, 0.5) is 4.39 Å². The maximum Gasteiger partial charge on any atom is 0.174 e. The van der Waals surface area contributed by atoms with E-state index in [4.69, 9.17) is 0 Å². The first kappa shape index (κ1) is 13.1. The number of Topliss-reactive ketones (excluding diaryl/α,β-unsaturated/α-hetero) is 2. The highest BCUT2D eigenvalue weighted by Crippen LogP contribution is 2.14. The zero-order chi connectivity index (χ0) is 14.8. The number of halogens is 1. The average molecular weight is 283 g/mol. The van der Waals surface area contributed by atoms with Crippen molar-refractivity contribution in [2.45, 2.75) is 6.42 Å². The normalized spacial score (nSPS) is 10.7. The second-order valence-electron chi connectivity index (χ2n) is 4.50. The van der Waals surface area contributed by atoms with Crippen molar-refractivity contribution in [2.75, 3.05) is 0 Å². The van der Waals surface area contributed by atoms with Gasteiger partial charge in [0.15, 0.2) is 11.6 Å². The molecule has 0 aliphatic heterocycles. The summed E-state index contributed by atoms with van der Waals surface area (Å²) >= 11 is 0. The Labute approximate surface area is 119 Å². The summed E-state index contributed by atoms with van der Waals surface area (Å²) < 4.78 is 14.6. The third kappa shape index (κ3) is 2.55. The summed E-state index contributed by atoms with van der Waals surface area (Å²) in [6, 6.07) is 6.39. The monoisotopic (exact) mass is 283 g/mol. The lowest BCUT2D eigenvalue weighted by Gasteiger charge is -2.00. The van der Waals surface area contributed by atoms with Gasteiger partial charge in [0.05, 0.1) is 29.9 Å². The maximum atomic E-state index is 13.0. The molecule has 3 heterocycles. The molecule has 0 unspecified atom stereocenters. The molecule has 104 valence electrons. The molecule has 3 aromatic heterocycles. The second-order valence-corrected chi connectivity index (χ2v) is 4.50. The molecule has 0 N–H and O–H groups in total. The molecule has 0 saturated carbocycles. The number of carbonyl (C=O) groups excluding carboxylic acids is 2. The third-order valence-corrected chi connectivity index (χ3v) is 3.07. The first-order chi connectivity index (χ1) is 10.1. The largest absolute Gasteiger partial charge is 0.294 e. The summed E-state index contributed by atoms with van der Waals surface area (Å²) in [5.41, 5.74) is 1.08. The Morgan fingerprint density at radius 3 is 2.81 bits per heavy atom. The van der Waals surface area contributed by atoms with Gasteiger partial charge in [0, 0.05) is 18.0 Å². The van der Waals surface area contributed by atoms with Crippen molar-refractivity contribution in [3.8, 4) is 0 Å². The predicted molar refractivity (Wildman–Crippen MR) is 72.7 cm³/mol. The highest BCUT2D eigenvalue weighted by molar-refractivity contribution is 6.15. The topological polar surface area (TPSA) is 64.3 Å². The van der Waals surface area contributed by atoms with Gasteiger partial charge in [-0.25, -0.2) is 8.91 Å². The fourth-order valence-electron chi connectivity index (χ4n) is 2.06. The lowest BCUT2D eigenvalue weighted by Crippen LogP contribution is -2.09. The van der Waals surface area contributed by atoms with E-state index in [0.29, 0.717) is 11.1 Å². The molecule has 0 bridgehead atoms. The molecule has 0 radical (unpaired) electrons. The van der Waals surface area contributed by atoms with Crippen LogP contribution in [-0.4, -0.2) is 26.2 Å². The molecule has 6 heteroatoms. The Hall–Kier alpha value is -2.89. The number of carbonyl (C=O) groups is 2. The fraction of sp³-hybridized carbons (Fsp3) is 0.0667. The van der Waals surface area contributed by atoms with Crippen molar-refractivity contribution >= 4 is 17.1 Å². The summed E-state index contributed by atoms with van der Waals surface area (Å²) in [6.45, 7) is 0. The molecule has 0 aliphatic carbocycles. The van der Waals surface area contributed by atoms with Crippen molar-refractivity contribution in [1.29, 1.82) is 0 Å². The summed E-state index contributed by atoms with van der Waals surface area (Å²) in [6.07, 6.45) is 5.04. The van der Waals surface area contributed by atoms with Gasteiger partial charge < -0.3 is 0 Å². The van der Waals surface area contributed by atoms with Crippen LogP contribution in [0.25, 0.3) is 5.52 Å². The van der Waals surface area contributed by atoms with Crippen molar-refractivity contribution in [1.82, 2.24) is 14.6 Å². The van der Waals surface area contributed by atoms with Crippen LogP contribution in [0.15, 0.2) is 49.1 Å². The van der Waals surface area contributed by atoms with Gasteiger partial charge in [-0.1, -0.05) is 6.07 Å². The van der Waals surface area contributed by atoms with Gasteiger partial charge in [-0.3, -0.25) is 14.6 Å². The van der Waals surface area contributed by atoms with Gasteiger partial charge in [-0.2, -0.15) is 5.10 Å². The van der Waals surface area contributed by atoms with Crippen LogP contribution in [0.3, 0.4) is 0 Å². The van der Waals surface area contributed by atoms with E-state index < -0.39 is 11.6 Å². The van der Waals surface area contributed by atoms with Gasteiger partial charge in [0.1, 0.15) is 5.82 Å². The number of fused-ring (bicyclic) bond motifs is 1. The fourth-order valence-corrected chi connectivity index (χ4v) is 2.06. The molecule has 0 saturated heterocycles. The smallest absolute Gasteiger partial charge is 0.174 e. The number of aromatic nitrogens is 3. The Morgan fingerprint density at radius 2 is 2.00 bits per heavy atom. The molecule has 0 atom stereocenters. The molecular formula is C15H10FN3O2. The first-order valence-corrected chi connectivity index (χ1v) is 6.24. The van der Waals surface area contributed by atoms with Crippen LogP contribution in [0.1, 0.15) is 27.1 Å². The van der Waals surface area contributed by atoms with E-state index in [9.17, 15) is 14.0 Å². The van der Waals surface area contributed by atoms with E-state index in [2.05, 4.69) is 10.1 Å². The minimum Gasteiger partial charge on any atom is -0.294 e. The van der Waals surface area contributed by atoms with Crippen LogP contribution in [0, 0.1) is 5.82 Å². The molecule has 3 rings (SSSR count). The average Bonchev–Trinajstić information content (AvgIpc) is 2.91. The molecule has 0 aliphatic rings. The Bertz CT molecular complexity index is 842. The molecule has 21 heavy (non-hydrogen) atoms. The molecule has 0 spiro atoms. The molecular weight excluding hydrogens is 273 g/mol. The predicted octanol–water partition coefficient (Wildman–Crippen LogP) is 2.32. The Kier molecular flexibility index (Phi) is 3.27. The second kappa shape index (κ2) is 5.24. The first-order valence-electron chi connectivity index (χ1n) is 6.24. The van der Waals surface area contributed by atoms with Crippen LogP contribution < -0.4 is 0 Å². The van der Waals surface area contributed by atoms with Crippen LogP contribution in [0.5, 0.6) is 0 Å². The molecule has 0 fully saturated rings. The van der Waals surface area contributed by atoms with E-state index in [1.54, 1.807) is 28.9 Å². The molecule has 0 amide bonds. The number of ketones is 2. The van der Waals surface area contributed by atoms with Crippen molar-refractivity contribution in [2.24, 2.45) is 0 Å². The lowest BCUT2D eigenvalue weighted by atomic mass is 10.0. The zero-order valence-electron chi connectivity index (χ0n) is 10.9. The number of pyridine rings is 2. The molecule has 3 aromatic rings. The molecule has 5 nitrogen and oxygen atoms in total. The minimum atomic E-state index is -0.607. The van der Waals surface area contributed by atoms with Gasteiger partial charge in [-0.05, 0) is 18.2 Å². The van der Waals surface area contributed by atoms with E-state index >= 15 is 0 Å². The van der Waals surface area contributed by atoms with Crippen molar-refractivity contribution in [3.63, 3.8) is 0 Å². The van der Waals surface area contributed by atoms with E-state index in [0.717, 1.165) is 12.3 Å². The highest BCUT2D eigenvalue weighted by atomic mass is 19.1. The van der Waals surface area contributed by atoms with Crippen LogP contribution >= 0.6 is 0 Å². The number of hydrogen-bond donors (Lipinski definition) is 0. The van der Waals surface area contributed by atoms with Crippen molar-refractivity contribution < 1.29 is 14.0 Å². The Balaban J connectivity index is 1.85. The van der Waals surface area contributed by atoms with Gasteiger partial charge in [0.25, 0.3) is 0 Å².